The van der Waals surface area contributed by atoms with Crippen molar-refractivity contribution in [1.29, 1.82) is 0 Å². The van der Waals surface area contributed by atoms with E-state index >= 15 is 0 Å². The number of halogens is 3. The quantitative estimate of drug-likeness (QED) is 0.868. The zero-order valence-corrected chi connectivity index (χ0v) is 12.5. The normalized spacial score (nSPS) is 11.3. The molecule has 2 rings (SSSR count). The third-order valence-electron chi connectivity index (χ3n) is 3.26. The maximum Gasteiger partial charge on any atom is 0.416 e. The highest BCUT2D eigenvalue weighted by Gasteiger charge is 2.33. The average Bonchev–Trinajstić information content (AvgIpc) is 2.48. The lowest BCUT2D eigenvalue weighted by Crippen LogP contribution is -2.30. The first-order valence-electron chi connectivity index (χ1n) is 6.65. The van der Waals surface area contributed by atoms with Crippen molar-refractivity contribution < 1.29 is 18.0 Å². The van der Waals surface area contributed by atoms with Gasteiger partial charge in [-0.05, 0) is 17.7 Å². The van der Waals surface area contributed by atoms with Gasteiger partial charge >= 0.3 is 6.18 Å². The molecule has 0 unspecified atom stereocenters. The Balaban J connectivity index is 2.25. The molecule has 122 valence electrons. The second-order valence-corrected chi connectivity index (χ2v) is 5.00. The highest BCUT2D eigenvalue weighted by Crippen LogP contribution is 2.32. The number of hydrogen-bond acceptors (Lipinski definition) is 3. The van der Waals surface area contributed by atoms with E-state index in [0.717, 1.165) is 15.6 Å². The predicted octanol–water partition coefficient (Wildman–Crippen LogP) is 2.07. The number of alkyl halides is 3. The van der Waals surface area contributed by atoms with E-state index in [2.05, 4.69) is 5.10 Å². The van der Waals surface area contributed by atoms with Gasteiger partial charge in [0.25, 0.3) is 11.5 Å². The number of amides is 1. The van der Waals surface area contributed by atoms with Gasteiger partial charge in [-0.2, -0.15) is 18.3 Å². The van der Waals surface area contributed by atoms with Crippen LogP contribution in [-0.4, -0.2) is 27.6 Å². The largest absolute Gasteiger partial charge is 0.416 e. The molecule has 0 fully saturated rings. The summed E-state index contributed by atoms with van der Waals surface area (Å²) in [6, 6.07) is 7.49. The van der Waals surface area contributed by atoms with Crippen LogP contribution in [0.3, 0.4) is 0 Å². The van der Waals surface area contributed by atoms with Gasteiger partial charge in [-0.15, -0.1) is 0 Å². The standard InChI is InChI=1S/C15H14F3N3O2/c1-20(14(23)12-7-8-13(22)21(2)19-12)9-10-5-3-4-6-11(10)15(16,17)18/h3-8H,9H2,1-2H3. The number of hydrogen-bond donors (Lipinski definition) is 0. The maximum absolute atomic E-state index is 13.0. The lowest BCUT2D eigenvalue weighted by Gasteiger charge is -2.20. The lowest BCUT2D eigenvalue weighted by atomic mass is 10.1. The lowest BCUT2D eigenvalue weighted by molar-refractivity contribution is -0.138. The molecule has 1 heterocycles. The highest BCUT2D eigenvalue weighted by molar-refractivity contribution is 5.91. The molecule has 0 atom stereocenters. The molecule has 0 N–H and O–H groups in total. The Kier molecular flexibility index (Phi) is 4.53. The summed E-state index contributed by atoms with van der Waals surface area (Å²) in [5, 5.41) is 3.80. The fraction of sp³-hybridized carbons (Fsp3) is 0.267. The van der Waals surface area contributed by atoms with Gasteiger partial charge in [-0.1, -0.05) is 18.2 Å². The van der Waals surface area contributed by atoms with Crippen molar-refractivity contribution in [2.24, 2.45) is 7.05 Å². The van der Waals surface area contributed by atoms with Crippen molar-refractivity contribution in [3.8, 4) is 0 Å². The Morgan fingerprint density at radius 1 is 1.22 bits per heavy atom. The Bertz CT molecular complexity index is 784. The summed E-state index contributed by atoms with van der Waals surface area (Å²) < 4.78 is 39.9. The van der Waals surface area contributed by atoms with E-state index in [1.807, 2.05) is 0 Å². The molecule has 0 spiro atoms. The smallest absolute Gasteiger partial charge is 0.336 e. The summed E-state index contributed by atoms with van der Waals surface area (Å²) in [6.45, 7) is -0.223. The molecule has 0 saturated carbocycles. The minimum Gasteiger partial charge on any atom is -0.336 e. The number of benzene rings is 1. The van der Waals surface area contributed by atoms with E-state index in [-0.39, 0.29) is 23.4 Å². The first-order chi connectivity index (χ1) is 10.7. The van der Waals surface area contributed by atoms with Crippen molar-refractivity contribution in [3.63, 3.8) is 0 Å². The molecule has 1 amide bonds. The van der Waals surface area contributed by atoms with Crippen LogP contribution in [-0.2, 0) is 19.8 Å². The minimum absolute atomic E-state index is 0.0133. The molecule has 2 aromatic rings. The molecule has 0 saturated heterocycles. The van der Waals surface area contributed by atoms with E-state index in [1.165, 1.54) is 44.4 Å². The number of aromatic nitrogens is 2. The molecule has 0 bridgehead atoms. The molecule has 0 aliphatic heterocycles. The monoisotopic (exact) mass is 325 g/mol. The molecular weight excluding hydrogens is 311 g/mol. The average molecular weight is 325 g/mol. The van der Waals surface area contributed by atoms with Crippen molar-refractivity contribution in [3.05, 3.63) is 63.6 Å². The molecule has 0 aliphatic carbocycles. The Labute approximate surface area is 130 Å². The van der Waals surface area contributed by atoms with Crippen molar-refractivity contribution >= 4 is 5.91 Å². The molecule has 8 heteroatoms. The van der Waals surface area contributed by atoms with Crippen molar-refractivity contribution in [2.75, 3.05) is 7.05 Å². The molecule has 1 aromatic carbocycles. The van der Waals surface area contributed by atoms with Crippen LogP contribution in [0.5, 0.6) is 0 Å². The number of rotatable bonds is 3. The first-order valence-corrected chi connectivity index (χ1v) is 6.65. The summed E-state index contributed by atoms with van der Waals surface area (Å²) in [5.41, 5.74) is -1.19. The first kappa shape index (κ1) is 16.7. The Morgan fingerprint density at radius 3 is 2.48 bits per heavy atom. The molecule has 0 radical (unpaired) electrons. The van der Waals surface area contributed by atoms with Gasteiger partial charge in [-0.25, -0.2) is 4.68 Å². The molecule has 5 nitrogen and oxygen atoms in total. The van der Waals surface area contributed by atoms with Crippen molar-refractivity contribution in [1.82, 2.24) is 14.7 Å². The summed E-state index contributed by atoms with van der Waals surface area (Å²) in [6.07, 6.45) is -4.49. The van der Waals surface area contributed by atoms with E-state index in [0.29, 0.717) is 0 Å². The molecule has 23 heavy (non-hydrogen) atoms. The Morgan fingerprint density at radius 2 is 1.87 bits per heavy atom. The number of aryl methyl sites for hydroxylation is 1. The van der Waals surface area contributed by atoms with Crippen LogP contribution in [0, 0.1) is 0 Å². The summed E-state index contributed by atoms with van der Waals surface area (Å²) in [4.78, 5) is 24.6. The zero-order chi connectivity index (χ0) is 17.2. The maximum atomic E-state index is 13.0. The van der Waals surface area contributed by atoms with Gasteiger partial charge in [0, 0.05) is 26.7 Å². The van der Waals surface area contributed by atoms with E-state index in [1.54, 1.807) is 0 Å². The van der Waals surface area contributed by atoms with Crippen LogP contribution < -0.4 is 5.56 Å². The van der Waals surface area contributed by atoms with Gasteiger partial charge in [0.1, 0.15) is 5.69 Å². The number of carbonyl (C=O) groups excluding carboxylic acids is 1. The Hall–Kier alpha value is -2.64. The van der Waals surface area contributed by atoms with Crippen LogP contribution in [0.25, 0.3) is 0 Å². The van der Waals surface area contributed by atoms with Gasteiger partial charge in [0.05, 0.1) is 5.56 Å². The molecule has 0 aliphatic rings. The minimum atomic E-state index is -4.49. The number of carbonyl (C=O) groups is 1. The SMILES string of the molecule is CN(Cc1ccccc1C(F)(F)F)C(=O)c1ccc(=O)n(C)n1. The second-order valence-electron chi connectivity index (χ2n) is 5.00. The van der Waals surface area contributed by atoms with Crippen LogP contribution in [0.4, 0.5) is 13.2 Å². The third kappa shape index (κ3) is 3.77. The third-order valence-corrected chi connectivity index (χ3v) is 3.26. The van der Waals surface area contributed by atoms with E-state index in [9.17, 15) is 22.8 Å². The predicted molar refractivity (Wildman–Crippen MR) is 76.7 cm³/mol. The fourth-order valence-corrected chi connectivity index (χ4v) is 2.07. The summed E-state index contributed by atoms with van der Waals surface area (Å²) in [7, 11) is 2.76. The van der Waals surface area contributed by atoms with Crippen LogP contribution >= 0.6 is 0 Å². The molecule has 1 aromatic heterocycles. The van der Waals surface area contributed by atoms with E-state index < -0.39 is 17.6 Å². The van der Waals surface area contributed by atoms with Gasteiger partial charge in [-0.3, -0.25) is 9.59 Å². The van der Waals surface area contributed by atoms with Crippen LogP contribution in [0.15, 0.2) is 41.2 Å². The molecular formula is C15H14F3N3O2. The fourth-order valence-electron chi connectivity index (χ4n) is 2.07. The second kappa shape index (κ2) is 6.23. The van der Waals surface area contributed by atoms with Crippen molar-refractivity contribution in [2.45, 2.75) is 12.7 Å². The summed E-state index contributed by atoms with van der Waals surface area (Å²) in [5.74, 6) is -0.572. The van der Waals surface area contributed by atoms with Gasteiger partial charge in [0.15, 0.2) is 0 Å². The highest BCUT2D eigenvalue weighted by atomic mass is 19.4. The van der Waals surface area contributed by atoms with E-state index in [4.69, 9.17) is 0 Å². The van der Waals surface area contributed by atoms with Crippen LogP contribution in [0.1, 0.15) is 21.6 Å². The summed E-state index contributed by atoms with van der Waals surface area (Å²) >= 11 is 0. The zero-order valence-electron chi connectivity index (χ0n) is 12.5. The van der Waals surface area contributed by atoms with Gasteiger partial charge in [0.2, 0.25) is 0 Å². The topological polar surface area (TPSA) is 55.2 Å². The van der Waals surface area contributed by atoms with Gasteiger partial charge < -0.3 is 4.90 Å². The number of nitrogens with zero attached hydrogens (tertiary/aromatic N) is 3. The van der Waals surface area contributed by atoms with Crippen LogP contribution in [0.2, 0.25) is 0 Å².